The van der Waals surface area contributed by atoms with Crippen LogP contribution in [0.25, 0.3) is 0 Å². The molecule has 0 aromatic heterocycles. The lowest BCUT2D eigenvalue weighted by atomic mass is 10.1. The summed E-state index contributed by atoms with van der Waals surface area (Å²) in [6.45, 7) is 5.77. The van der Waals surface area contributed by atoms with Crippen LogP contribution in [-0.2, 0) is 11.3 Å². The lowest BCUT2D eigenvalue weighted by molar-refractivity contribution is 0.0635. The first-order valence-electron chi connectivity index (χ1n) is 7.98. The summed E-state index contributed by atoms with van der Waals surface area (Å²) in [7, 11) is 0. The minimum absolute atomic E-state index is 0.276. The van der Waals surface area contributed by atoms with Crippen LogP contribution in [-0.4, -0.2) is 17.6 Å². The maximum absolute atomic E-state index is 12.4. The summed E-state index contributed by atoms with van der Waals surface area (Å²) in [4.78, 5) is 24.3. The van der Waals surface area contributed by atoms with E-state index in [1.54, 1.807) is 69.3 Å². The van der Waals surface area contributed by atoms with Gasteiger partial charge in [0.15, 0.2) is 0 Å². The topological polar surface area (TPSA) is 93.5 Å². The molecule has 0 aliphatic heterocycles. The van der Waals surface area contributed by atoms with Crippen LogP contribution in [0.2, 0.25) is 0 Å². The number of hydrogen-bond donors (Lipinski definition) is 3. The van der Waals surface area contributed by atoms with Crippen molar-refractivity contribution in [3.05, 3.63) is 59.7 Å². The Bertz CT molecular complexity index is 749. The lowest BCUT2D eigenvalue weighted by Gasteiger charge is -2.20. The molecule has 2 aromatic carbocycles. The van der Waals surface area contributed by atoms with E-state index in [9.17, 15) is 9.59 Å². The maximum Gasteiger partial charge on any atom is 0.412 e. The number of para-hydroxylation sites is 2. The molecule has 0 spiro atoms. The van der Waals surface area contributed by atoms with Crippen molar-refractivity contribution in [2.45, 2.75) is 32.9 Å². The first-order valence-corrected chi connectivity index (χ1v) is 7.98. The summed E-state index contributed by atoms with van der Waals surface area (Å²) in [5.74, 6) is -0.276. The second kappa shape index (κ2) is 7.81. The fraction of sp³-hybridized carbons (Fsp3) is 0.263. The number of rotatable bonds is 4. The van der Waals surface area contributed by atoms with E-state index in [-0.39, 0.29) is 5.91 Å². The summed E-state index contributed by atoms with van der Waals surface area (Å²) >= 11 is 0. The Balaban J connectivity index is 2.11. The Labute approximate surface area is 147 Å². The van der Waals surface area contributed by atoms with Gasteiger partial charge in [0, 0.05) is 12.1 Å². The first kappa shape index (κ1) is 18.5. The van der Waals surface area contributed by atoms with E-state index in [0.717, 1.165) is 5.56 Å². The number of amides is 2. The smallest absolute Gasteiger partial charge is 0.412 e. The van der Waals surface area contributed by atoms with Gasteiger partial charge in [0.2, 0.25) is 0 Å². The van der Waals surface area contributed by atoms with Crippen molar-refractivity contribution in [1.29, 1.82) is 0 Å². The number of nitrogens with one attached hydrogen (secondary N) is 2. The molecule has 25 heavy (non-hydrogen) atoms. The van der Waals surface area contributed by atoms with E-state index in [4.69, 9.17) is 10.5 Å². The van der Waals surface area contributed by atoms with Crippen LogP contribution in [0.4, 0.5) is 16.2 Å². The van der Waals surface area contributed by atoms with Gasteiger partial charge in [0.25, 0.3) is 5.91 Å². The van der Waals surface area contributed by atoms with Crippen LogP contribution >= 0.6 is 0 Å². The van der Waals surface area contributed by atoms with E-state index in [1.807, 2.05) is 0 Å². The van der Waals surface area contributed by atoms with Gasteiger partial charge in [-0.15, -0.1) is 0 Å². The van der Waals surface area contributed by atoms with Crippen LogP contribution in [0.5, 0.6) is 0 Å². The predicted octanol–water partition coefficient (Wildman–Crippen LogP) is 3.74. The number of anilines is 2. The fourth-order valence-corrected chi connectivity index (χ4v) is 2.10. The molecule has 2 amide bonds. The van der Waals surface area contributed by atoms with Crippen molar-refractivity contribution < 1.29 is 14.3 Å². The van der Waals surface area contributed by atoms with E-state index < -0.39 is 11.7 Å². The highest BCUT2D eigenvalue weighted by molar-refractivity contribution is 6.06. The van der Waals surface area contributed by atoms with Crippen molar-refractivity contribution in [3.63, 3.8) is 0 Å². The maximum atomic E-state index is 12.4. The zero-order valence-corrected chi connectivity index (χ0v) is 14.6. The van der Waals surface area contributed by atoms with E-state index >= 15 is 0 Å². The van der Waals surface area contributed by atoms with E-state index in [1.165, 1.54) is 0 Å². The number of carbonyl (C=O) groups excluding carboxylic acids is 2. The van der Waals surface area contributed by atoms with Crippen molar-refractivity contribution in [2.75, 3.05) is 10.6 Å². The predicted molar refractivity (Wildman–Crippen MR) is 98.6 cm³/mol. The molecule has 0 bridgehead atoms. The van der Waals surface area contributed by atoms with Gasteiger partial charge in [-0.05, 0) is 50.6 Å². The number of ether oxygens (including phenoxy) is 1. The third kappa shape index (κ3) is 5.61. The highest BCUT2D eigenvalue weighted by Crippen LogP contribution is 2.23. The Hall–Kier alpha value is -2.86. The van der Waals surface area contributed by atoms with Crippen LogP contribution in [0.3, 0.4) is 0 Å². The molecule has 0 fully saturated rings. The molecule has 0 aliphatic rings. The molecule has 0 unspecified atom stereocenters. The van der Waals surface area contributed by atoms with Crippen LogP contribution in [0.1, 0.15) is 36.7 Å². The Morgan fingerprint density at radius 2 is 1.52 bits per heavy atom. The van der Waals surface area contributed by atoms with Crippen molar-refractivity contribution in [2.24, 2.45) is 5.73 Å². The average Bonchev–Trinajstić information content (AvgIpc) is 2.55. The zero-order valence-electron chi connectivity index (χ0n) is 14.6. The quantitative estimate of drug-likeness (QED) is 0.789. The number of nitrogens with two attached hydrogens (primary N) is 1. The zero-order chi connectivity index (χ0) is 18.4. The van der Waals surface area contributed by atoms with Gasteiger partial charge < -0.3 is 15.8 Å². The molecule has 2 aromatic rings. The molecule has 0 saturated carbocycles. The normalized spacial score (nSPS) is 10.9. The summed E-state index contributed by atoms with van der Waals surface area (Å²) in [6.07, 6.45) is -0.582. The molecule has 6 nitrogen and oxygen atoms in total. The fourth-order valence-electron chi connectivity index (χ4n) is 2.10. The Kier molecular flexibility index (Phi) is 5.77. The third-order valence-corrected chi connectivity index (χ3v) is 3.26. The highest BCUT2D eigenvalue weighted by atomic mass is 16.6. The summed E-state index contributed by atoms with van der Waals surface area (Å²) in [5.41, 5.74) is 7.35. The first-order chi connectivity index (χ1) is 11.8. The van der Waals surface area contributed by atoms with Gasteiger partial charge in [-0.1, -0.05) is 24.3 Å². The second-order valence-electron chi connectivity index (χ2n) is 6.53. The van der Waals surface area contributed by atoms with Gasteiger partial charge in [-0.2, -0.15) is 0 Å². The van der Waals surface area contributed by atoms with Crippen molar-refractivity contribution >= 4 is 23.4 Å². The molecule has 0 heterocycles. The molecular formula is C19H23N3O3. The van der Waals surface area contributed by atoms with Gasteiger partial charge >= 0.3 is 6.09 Å². The van der Waals surface area contributed by atoms with E-state index in [2.05, 4.69) is 10.6 Å². The van der Waals surface area contributed by atoms with Crippen LogP contribution < -0.4 is 16.4 Å². The molecule has 0 aliphatic carbocycles. The van der Waals surface area contributed by atoms with Gasteiger partial charge in [-0.25, -0.2) is 4.79 Å². The minimum atomic E-state index is -0.604. The minimum Gasteiger partial charge on any atom is -0.444 e. The van der Waals surface area contributed by atoms with Crippen LogP contribution in [0.15, 0.2) is 48.5 Å². The van der Waals surface area contributed by atoms with Gasteiger partial charge in [-0.3, -0.25) is 10.1 Å². The molecular weight excluding hydrogens is 318 g/mol. The van der Waals surface area contributed by atoms with Crippen LogP contribution in [0, 0.1) is 0 Å². The molecule has 6 heteroatoms. The van der Waals surface area contributed by atoms with Crippen molar-refractivity contribution in [1.82, 2.24) is 0 Å². The number of benzene rings is 2. The average molecular weight is 341 g/mol. The standard InChI is InChI=1S/C19H23N3O3/c1-19(2,3)25-18(24)22-16-7-5-4-6-15(16)21-17(23)14-10-8-13(12-20)9-11-14/h4-11H,12,20H2,1-3H3,(H,21,23)(H,22,24). The lowest BCUT2D eigenvalue weighted by Crippen LogP contribution is -2.27. The highest BCUT2D eigenvalue weighted by Gasteiger charge is 2.17. The monoisotopic (exact) mass is 341 g/mol. The number of carbonyl (C=O) groups is 2. The largest absolute Gasteiger partial charge is 0.444 e. The Morgan fingerprint density at radius 3 is 2.04 bits per heavy atom. The van der Waals surface area contributed by atoms with Crippen molar-refractivity contribution in [3.8, 4) is 0 Å². The van der Waals surface area contributed by atoms with Gasteiger partial charge in [0.05, 0.1) is 11.4 Å². The molecule has 2 rings (SSSR count). The van der Waals surface area contributed by atoms with E-state index in [0.29, 0.717) is 23.5 Å². The summed E-state index contributed by atoms with van der Waals surface area (Å²) in [6, 6.07) is 14.0. The molecule has 132 valence electrons. The third-order valence-electron chi connectivity index (χ3n) is 3.26. The molecule has 0 saturated heterocycles. The molecule has 4 N–H and O–H groups in total. The summed E-state index contributed by atoms with van der Waals surface area (Å²) in [5, 5.41) is 5.44. The second-order valence-corrected chi connectivity index (χ2v) is 6.53. The summed E-state index contributed by atoms with van der Waals surface area (Å²) < 4.78 is 5.24. The molecule has 0 radical (unpaired) electrons. The Morgan fingerprint density at radius 1 is 0.960 bits per heavy atom. The SMILES string of the molecule is CC(C)(C)OC(=O)Nc1ccccc1NC(=O)c1ccc(CN)cc1. The number of hydrogen-bond acceptors (Lipinski definition) is 4. The van der Waals surface area contributed by atoms with Gasteiger partial charge in [0.1, 0.15) is 5.60 Å². The molecule has 0 atom stereocenters.